The molecule has 4 rings (SSSR count). The molecule has 3 heteroatoms. The lowest BCUT2D eigenvalue weighted by molar-refractivity contribution is -0.128. The van der Waals surface area contributed by atoms with Gasteiger partial charge in [0.2, 0.25) is 0 Å². The van der Waals surface area contributed by atoms with Crippen molar-refractivity contribution in [3.63, 3.8) is 0 Å². The van der Waals surface area contributed by atoms with Crippen LogP contribution in [-0.4, -0.2) is 12.0 Å². The highest BCUT2D eigenvalue weighted by molar-refractivity contribution is 5.89. The molecular formula is C25H23NO2. The number of carbonyl (C=O) groups excluding carboxylic acids is 1. The third kappa shape index (κ3) is 3.70. The summed E-state index contributed by atoms with van der Waals surface area (Å²) < 4.78 is 6.10. The Morgan fingerprint density at radius 1 is 0.821 bits per heavy atom. The van der Waals surface area contributed by atoms with E-state index in [9.17, 15) is 4.79 Å². The van der Waals surface area contributed by atoms with E-state index >= 15 is 0 Å². The summed E-state index contributed by atoms with van der Waals surface area (Å²) in [6.07, 6.45) is 0.0747. The Balaban J connectivity index is 1.50. The number of rotatable bonds is 6. The zero-order chi connectivity index (χ0) is 19.3. The summed E-state index contributed by atoms with van der Waals surface area (Å²) in [6.45, 7) is 2.45. The summed E-state index contributed by atoms with van der Waals surface area (Å²) >= 11 is 0. The molecule has 0 aromatic heterocycles. The van der Waals surface area contributed by atoms with Crippen molar-refractivity contribution in [2.45, 2.75) is 26.0 Å². The van der Waals surface area contributed by atoms with E-state index in [2.05, 4.69) is 29.6 Å². The number of fused-ring (bicyclic) bond motifs is 2. The maximum absolute atomic E-state index is 12.8. The fraction of sp³-hybridized carbons (Fsp3) is 0.160. The number of hydrogen-bond acceptors (Lipinski definition) is 2. The quantitative estimate of drug-likeness (QED) is 0.490. The van der Waals surface area contributed by atoms with Gasteiger partial charge in [-0.15, -0.1) is 0 Å². The summed E-state index contributed by atoms with van der Waals surface area (Å²) in [5.74, 6) is 0.647. The summed E-state index contributed by atoms with van der Waals surface area (Å²) in [7, 11) is 0. The van der Waals surface area contributed by atoms with E-state index in [1.165, 1.54) is 5.39 Å². The number of amides is 1. The van der Waals surface area contributed by atoms with E-state index in [0.717, 1.165) is 27.5 Å². The highest BCUT2D eigenvalue weighted by Crippen LogP contribution is 2.26. The summed E-state index contributed by atoms with van der Waals surface area (Å²) in [5.41, 5.74) is 1.10. The van der Waals surface area contributed by atoms with Crippen LogP contribution in [0.5, 0.6) is 5.75 Å². The molecule has 0 saturated carbocycles. The van der Waals surface area contributed by atoms with Gasteiger partial charge in [0.1, 0.15) is 5.75 Å². The van der Waals surface area contributed by atoms with Gasteiger partial charge >= 0.3 is 0 Å². The van der Waals surface area contributed by atoms with Gasteiger partial charge in [-0.3, -0.25) is 4.79 Å². The summed E-state index contributed by atoms with van der Waals surface area (Å²) in [6, 6.07) is 28.3. The van der Waals surface area contributed by atoms with Gasteiger partial charge in [0.05, 0.1) is 0 Å². The van der Waals surface area contributed by atoms with Gasteiger partial charge in [0.25, 0.3) is 5.91 Å². The Bertz CT molecular complexity index is 1110. The van der Waals surface area contributed by atoms with Crippen LogP contribution in [0.25, 0.3) is 21.5 Å². The second-order valence-corrected chi connectivity index (χ2v) is 6.85. The minimum atomic E-state index is -0.527. The standard InChI is InChI=1S/C25H23NO2/c1-2-23(28-24-16-8-12-19-10-4-6-15-22(19)24)25(27)26-17-20-13-7-11-18-9-3-5-14-21(18)20/h3-16,23H,2,17H2,1H3,(H,26,27). The Morgan fingerprint density at radius 3 is 2.18 bits per heavy atom. The Kier molecular flexibility index (Phi) is 5.24. The lowest BCUT2D eigenvalue weighted by atomic mass is 10.0. The van der Waals surface area contributed by atoms with E-state index in [1.54, 1.807) is 0 Å². The van der Waals surface area contributed by atoms with Crippen LogP contribution < -0.4 is 10.1 Å². The molecule has 0 heterocycles. The molecule has 1 unspecified atom stereocenters. The number of nitrogens with one attached hydrogen (secondary N) is 1. The second kappa shape index (κ2) is 8.13. The molecule has 0 aliphatic carbocycles. The van der Waals surface area contributed by atoms with Gasteiger partial charge in [-0.25, -0.2) is 0 Å². The molecule has 0 radical (unpaired) electrons. The average molecular weight is 369 g/mol. The third-order valence-electron chi connectivity index (χ3n) is 5.02. The maximum atomic E-state index is 12.8. The molecule has 1 atom stereocenters. The van der Waals surface area contributed by atoms with Crippen molar-refractivity contribution in [1.29, 1.82) is 0 Å². The first-order valence-corrected chi connectivity index (χ1v) is 9.65. The predicted molar refractivity (Wildman–Crippen MR) is 114 cm³/mol. The molecule has 0 fully saturated rings. The molecular weight excluding hydrogens is 346 g/mol. The smallest absolute Gasteiger partial charge is 0.261 e. The van der Waals surface area contributed by atoms with Crippen LogP contribution in [0.15, 0.2) is 84.9 Å². The van der Waals surface area contributed by atoms with Crippen LogP contribution in [0.2, 0.25) is 0 Å². The van der Waals surface area contributed by atoms with Gasteiger partial charge in [-0.2, -0.15) is 0 Å². The van der Waals surface area contributed by atoms with Crippen molar-refractivity contribution in [3.8, 4) is 5.75 Å². The topological polar surface area (TPSA) is 38.3 Å². The first kappa shape index (κ1) is 18.1. The van der Waals surface area contributed by atoms with Crippen LogP contribution in [-0.2, 0) is 11.3 Å². The van der Waals surface area contributed by atoms with E-state index in [1.807, 2.05) is 67.6 Å². The Labute approximate surface area is 165 Å². The third-order valence-corrected chi connectivity index (χ3v) is 5.02. The normalized spacial score (nSPS) is 12.0. The molecule has 0 aliphatic rings. The lowest BCUT2D eigenvalue weighted by Gasteiger charge is -2.19. The van der Waals surface area contributed by atoms with E-state index in [4.69, 9.17) is 4.74 Å². The molecule has 4 aromatic carbocycles. The van der Waals surface area contributed by atoms with Crippen LogP contribution in [0.1, 0.15) is 18.9 Å². The van der Waals surface area contributed by atoms with Crippen LogP contribution in [0, 0.1) is 0 Å². The summed E-state index contributed by atoms with van der Waals surface area (Å²) in [5, 5.41) is 7.50. The molecule has 1 amide bonds. The zero-order valence-electron chi connectivity index (χ0n) is 15.9. The average Bonchev–Trinajstić information content (AvgIpc) is 2.75. The van der Waals surface area contributed by atoms with Crippen molar-refractivity contribution < 1.29 is 9.53 Å². The molecule has 4 aromatic rings. The molecule has 140 valence electrons. The largest absolute Gasteiger partial charge is 0.480 e. The Hall–Kier alpha value is -3.33. The fourth-order valence-corrected chi connectivity index (χ4v) is 3.52. The zero-order valence-corrected chi connectivity index (χ0v) is 15.9. The summed E-state index contributed by atoms with van der Waals surface area (Å²) in [4.78, 5) is 12.8. The predicted octanol–water partition coefficient (Wildman–Crippen LogP) is 5.47. The van der Waals surface area contributed by atoms with E-state index in [-0.39, 0.29) is 5.91 Å². The van der Waals surface area contributed by atoms with Crippen molar-refractivity contribution in [3.05, 3.63) is 90.5 Å². The van der Waals surface area contributed by atoms with Gasteiger partial charge in [-0.05, 0) is 34.2 Å². The number of benzene rings is 4. The molecule has 3 nitrogen and oxygen atoms in total. The van der Waals surface area contributed by atoms with E-state index < -0.39 is 6.10 Å². The lowest BCUT2D eigenvalue weighted by Crippen LogP contribution is -2.37. The van der Waals surface area contributed by atoms with Gasteiger partial charge in [-0.1, -0.05) is 85.8 Å². The van der Waals surface area contributed by atoms with E-state index in [0.29, 0.717) is 13.0 Å². The molecule has 0 bridgehead atoms. The van der Waals surface area contributed by atoms with Gasteiger partial charge in [0.15, 0.2) is 6.10 Å². The number of carbonyl (C=O) groups is 1. The van der Waals surface area contributed by atoms with Crippen molar-refractivity contribution in [2.75, 3.05) is 0 Å². The van der Waals surface area contributed by atoms with Gasteiger partial charge in [0, 0.05) is 11.9 Å². The number of ether oxygens (including phenoxy) is 1. The second-order valence-electron chi connectivity index (χ2n) is 6.85. The van der Waals surface area contributed by atoms with Crippen molar-refractivity contribution in [1.82, 2.24) is 5.32 Å². The highest BCUT2D eigenvalue weighted by Gasteiger charge is 2.19. The highest BCUT2D eigenvalue weighted by atomic mass is 16.5. The van der Waals surface area contributed by atoms with Crippen LogP contribution in [0.4, 0.5) is 0 Å². The monoisotopic (exact) mass is 369 g/mol. The minimum Gasteiger partial charge on any atom is -0.480 e. The van der Waals surface area contributed by atoms with Crippen LogP contribution in [0.3, 0.4) is 0 Å². The molecule has 0 aliphatic heterocycles. The molecule has 28 heavy (non-hydrogen) atoms. The first-order chi connectivity index (χ1) is 13.8. The Morgan fingerprint density at radius 2 is 1.43 bits per heavy atom. The van der Waals surface area contributed by atoms with Gasteiger partial charge < -0.3 is 10.1 Å². The SMILES string of the molecule is CCC(Oc1cccc2ccccc12)C(=O)NCc1cccc2ccccc12. The number of hydrogen-bond donors (Lipinski definition) is 1. The van der Waals surface area contributed by atoms with Crippen LogP contribution >= 0.6 is 0 Å². The first-order valence-electron chi connectivity index (χ1n) is 9.65. The molecule has 1 N–H and O–H groups in total. The van der Waals surface area contributed by atoms with Crippen molar-refractivity contribution >= 4 is 27.5 Å². The fourth-order valence-electron chi connectivity index (χ4n) is 3.52. The molecule has 0 spiro atoms. The minimum absolute atomic E-state index is 0.0941. The maximum Gasteiger partial charge on any atom is 0.261 e. The molecule has 0 saturated heterocycles. The van der Waals surface area contributed by atoms with Crippen molar-refractivity contribution in [2.24, 2.45) is 0 Å².